The van der Waals surface area contributed by atoms with Gasteiger partial charge in [-0.15, -0.1) is 11.6 Å². The first-order chi connectivity index (χ1) is 16.3. The van der Waals surface area contributed by atoms with Gasteiger partial charge in [-0.2, -0.15) is 0 Å². The number of rotatable bonds is 18. The zero-order valence-corrected chi connectivity index (χ0v) is 26.4. The van der Waals surface area contributed by atoms with Crippen LogP contribution in [-0.2, 0) is 18.6 Å². The average molecular weight is 531 g/mol. The Labute approximate surface area is 223 Å². The maximum atomic E-state index is 6.90. The molecule has 6 heteroatoms. The van der Waals surface area contributed by atoms with Crippen molar-refractivity contribution < 1.29 is 18.6 Å². The predicted molar refractivity (Wildman–Crippen MR) is 155 cm³/mol. The van der Waals surface area contributed by atoms with Gasteiger partial charge in [0.25, 0.3) is 0 Å². The van der Waals surface area contributed by atoms with Crippen molar-refractivity contribution in [3.05, 3.63) is 36.0 Å². The monoisotopic (exact) mass is 530 g/mol. The maximum absolute atomic E-state index is 6.90. The first-order valence-corrected chi connectivity index (χ1v) is 15.9. The van der Waals surface area contributed by atoms with Gasteiger partial charge >= 0.3 is 0 Å². The van der Waals surface area contributed by atoms with Gasteiger partial charge in [0.05, 0.1) is 24.7 Å². The Morgan fingerprint density at radius 2 is 1.51 bits per heavy atom. The standard InChI is InChI=1S/C29H55ClO4Si/c1-22(2)35(23(3)4,24(5)6)34-27(21-30)20-25(7)17-18-28(31-11)26(8)16-14-13-15-19-33-29(9,10)32-12/h13-16,20,22-24,26-28H,17-19,21H2,1-12H3/b15-13+,16-14+,25-20-/t26-,27?,28-/m0/s1. The summed E-state index contributed by atoms with van der Waals surface area (Å²) in [5, 5.41) is 0. The highest BCUT2D eigenvalue weighted by Crippen LogP contribution is 2.43. The SMILES string of the molecule is CO[C@@H](CC/C(C)=C\C(CCl)O[Si](C(C)C)(C(C)C)C(C)C)[C@@H](C)/C=C/C=C/COC(C)(C)OC. The summed E-state index contributed by atoms with van der Waals surface area (Å²) in [4.78, 5) is 0. The van der Waals surface area contributed by atoms with Crippen LogP contribution in [0.2, 0.25) is 16.6 Å². The second-order valence-electron chi connectivity index (χ2n) is 11.0. The molecule has 206 valence electrons. The lowest BCUT2D eigenvalue weighted by atomic mass is 9.97. The van der Waals surface area contributed by atoms with E-state index in [2.05, 4.69) is 73.6 Å². The molecule has 0 rings (SSSR count). The summed E-state index contributed by atoms with van der Waals surface area (Å²) < 4.78 is 23.6. The van der Waals surface area contributed by atoms with Crippen LogP contribution in [0.25, 0.3) is 0 Å². The maximum Gasteiger partial charge on any atom is 0.201 e. The molecule has 0 aliphatic rings. The van der Waals surface area contributed by atoms with Crippen LogP contribution in [0.5, 0.6) is 0 Å². The van der Waals surface area contributed by atoms with Gasteiger partial charge in [-0.3, -0.25) is 0 Å². The molecule has 4 nitrogen and oxygen atoms in total. The minimum absolute atomic E-state index is 0.0377. The normalized spacial score (nSPS) is 16.9. The van der Waals surface area contributed by atoms with Crippen molar-refractivity contribution in [2.24, 2.45) is 5.92 Å². The molecule has 0 saturated carbocycles. The molecule has 0 amide bonds. The van der Waals surface area contributed by atoms with Gasteiger partial charge in [-0.1, -0.05) is 84.4 Å². The molecule has 0 heterocycles. The van der Waals surface area contributed by atoms with E-state index >= 15 is 0 Å². The second kappa shape index (κ2) is 17.1. The summed E-state index contributed by atoms with van der Waals surface area (Å²) in [6.07, 6.45) is 12.5. The van der Waals surface area contributed by atoms with Gasteiger partial charge < -0.3 is 18.6 Å². The van der Waals surface area contributed by atoms with Crippen molar-refractivity contribution in [2.45, 2.75) is 117 Å². The van der Waals surface area contributed by atoms with Gasteiger partial charge in [0.2, 0.25) is 8.32 Å². The molecule has 0 N–H and O–H groups in total. The van der Waals surface area contributed by atoms with Crippen molar-refractivity contribution in [1.82, 2.24) is 0 Å². The second-order valence-corrected chi connectivity index (χ2v) is 16.8. The largest absolute Gasteiger partial charge is 0.409 e. The summed E-state index contributed by atoms with van der Waals surface area (Å²) >= 11 is 6.40. The van der Waals surface area contributed by atoms with E-state index in [0.29, 0.717) is 35.0 Å². The summed E-state index contributed by atoms with van der Waals surface area (Å²) in [7, 11) is 1.47. The number of allylic oxidation sites excluding steroid dienone is 3. The smallest absolute Gasteiger partial charge is 0.201 e. The number of halogens is 1. The van der Waals surface area contributed by atoms with Crippen LogP contribution in [0.15, 0.2) is 36.0 Å². The molecule has 1 unspecified atom stereocenters. The predicted octanol–water partition coefficient (Wildman–Crippen LogP) is 8.68. The third-order valence-electron chi connectivity index (χ3n) is 7.08. The molecule has 0 aliphatic heterocycles. The van der Waals surface area contributed by atoms with Gasteiger partial charge in [-0.05, 0) is 50.2 Å². The Morgan fingerprint density at radius 1 is 0.943 bits per heavy atom. The molecular weight excluding hydrogens is 476 g/mol. The van der Waals surface area contributed by atoms with Crippen LogP contribution in [0, 0.1) is 5.92 Å². The minimum Gasteiger partial charge on any atom is -0.409 e. The Balaban J connectivity index is 5.03. The van der Waals surface area contributed by atoms with Gasteiger partial charge in [0.15, 0.2) is 5.79 Å². The Bertz CT molecular complexity index is 633. The van der Waals surface area contributed by atoms with E-state index < -0.39 is 14.1 Å². The molecular formula is C29H55ClO4Si. The number of hydrogen-bond donors (Lipinski definition) is 0. The Hall–Kier alpha value is -0.433. The highest BCUT2D eigenvalue weighted by molar-refractivity contribution is 6.77. The number of methoxy groups -OCH3 is 2. The lowest BCUT2D eigenvalue weighted by Gasteiger charge is -2.44. The van der Waals surface area contributed by atoms with Gasteiger partial charge in [0, 0.05) is 20.1 Å². The third-order valence-corrected chi connectivity index (χ3v) is 13.5. The van der Waals surface area contributed by atoms with E-state index in [1.54, 1.807) is 14.2 Å². The van der Waals surface area contributed by atoms with Gasteiger partial charge in [0.1, 0.15) is 0 Å². The first kappa shape index (κ1) is 34.6. The minimum atomic E-state index is -1.97. The van der Waals surface area contributed by atoms with E-state index in [-0.39, 0.29) is 12.2 Å². The first-order valence-electron chi connectivity index (χ1n) is 13.2. The topological polar surface area (TPSA) is 36.9 Å². The van der Waals surface area contributed by atoms with E-state index in [0.717, 1.165) is 12.8 Å². The third kappa shape index (κ3) is 12.1. The van der Waals surface area contributed by atoms with Crippen LogP contribution in [-0.4, -0.2) is 53.0 Å². The number of hydrogen-bond acceptors (Lipinski definition) is 4. The molecule has 0 aliphatic carbocycles. The fourth-order valence-electron chi connectivity index (χ4n) is 4.95. The zero-order chi connectivity index (χ0) is 27.2. The zero-order valence-electron chi connectivity index (χ0n) is 24.7. The lowest BCUT2D eigenvalue weighted by molar-refractivity contribution is -0.189. The van der Waals surface area contributed by atoms with Crippen LogP contribution in [0.1, 0.15) is 82.1 Å². The molecule has 3 atom stereocenters. The van der Waals surface area contributed by atoms with E-state index in [1.165, 1.54) is 5.57 Å². The van der Waals surface area contributed by atoms with Gasteiger partial charge in [-0.25, -0.2) is 0 Å². The number of alkyl halides is 1. The summed E-state index contributed by atoms with van der Waals surface area (Å²) in [5.41, 5.74) is 2.93. The average Bonchev–Trinajstić information content (AvgIpc) is 2.78. The van der Waals surface area contributed by atoms with E-state index in [1.807, 2.05) is 26.0 Å². The van der Waals surface area contributed by atoms with Crippen molar-refractivity contribution >= 4 is 19.9 Å². The molecule has 0 aromatic heterocycles. The summed E-state index contributed by atoms with van der Waals surface area (Å²) in [5.74, 6) is 0.225. The Kier molecular flexibility index (Phi) is 16.9. The molecule has 0 fully saturated rings. The molecule has 0 saturated heterocycles. The lowest BCUT2D eigenvalue weighted by Crippen LogP contribution is -2.50. The molecule has 0 spiro atoms. The van der Waals surface area contributed by atoms with E-state index in [4.69, 9.17) is 30.2 Å². The van der Waals surface area contributed by atoms with Crippen LogP contribution in [0.3, 0.4) is 0 Å². The Morgan fingerprint density at radius 3 is 1.97 bits per heavy atom. The van der Waals surface area contributed by atoms with Crippen molar-refractivity contribution in [3.63, 3.8) is 0 Å². The van der Waals surface area contributed by atoms with Crippen LogP contribution < -0.4 is 0 Å². The highest BCUT2D eigenvalue weighted by Gasteiger charge is 2.46. The van der Waals surface area contributed by atoms with Crippen molar-refractivity contribution in [1.29, 1.82) is 0 Å². The van der Waals surface area contributed by atoms with Crippen molar-refractivity contribution in [2.75, 3.05) is 26.7 Å². The van der Waals surface area contributed by atoms with E-state index in [9.17, 15) is 0 Å². The summed E-state index contributed by atoms with van der Waals surface area (Å²) in [6, 6.07) is 0. The molecule has 0 radical (unpaired) electrons. The van der Waals surface area contributed by atoms with Crippen LogP contribution in [0.4, 0.5) is 0 Å². The molecule has 0 bridgehead atoms. The molecule has 0 aromatic carbocycles. The van der Waals surface area contributed by atoms with Crippen molar-refractivity contribution in [3.8, 4) is 0 Å². The molecule has 35 heavy (non-hydrogen) atoms. The fourth-order valence-corrected chi connectivity index (χ4v) is 10.7. The fraction of sp³-hybridized carbons (Fsp3) is 0.793. The van der Waals surface area contributed by atoms with Crippen LogP contribution >= 0.6 is 11.6 Å². The quantitative estimate of drug-likeness (QED) is 0.0583. The summed E-state index contributed by atoms with van der Waals surface area (Å²) in [6.45, 7) is 22.6. The highest BCUT2D eigenvalue weighted by atomic mass is 35.5. The molecule has 0 aromatic rings. The number of ether oxygens (including phenoxy) is 3.